The zero-order valence-corrected chi connectivity index (χ0v) is 15.6. The van der Waals surface area contributed by atoms with Crippen LogP contribution in [0, 0.1) is 5.41 Å². The van der Waals surface area contributed by atoms with E-state index in [1.165, 1.54) is 16.7 Å². The zero-order chi connectivity index (χ0) is 17.9. The zero-order valence-electron chi connectivity index (χ0n) is 15.6. The van der Waals surface area contributed by atoms with Gasteiger partial charge in [0.05, 0.1) is 12.2 Å². The highest BCUT2D eigenvalue weighted by Crippen LogP contribution is 2.29. The predicted octanol–water partition coefficient (Wildman–Crippen LogP) is 5.16. The fourth-order valence-corrected chi connectivity index (χ4v) is 3.29. The Hall–Kier alpha value is -1.90. The van der Waals surface area contributed by atoms with Gasteiger partial charge in [-0.05, 0) is 22.1 Å². The summed E-state index contributed by atoms with van der Waals surface area (Å²) in [7, 11) is 0. The standard InChI is InChI=1S/C23H29NO/c1-5-21-16-24(17-22(25-21)23(2,3)4)15-18-11-13-20(14-12-18)19-9-7-6-8-10-19/h5-14,21-22H,1,15-17H2,2-4H3. The molecule has 0 N–H and O–H groups in total. The van der Waals surface area contributed by atoms with Gasteiger partial charge in [-0.15, -0.1) is 6.58 Å². The lowest BCUT2D eigenvalue weighted by molar-refractivity contribution is -0.111. The van der Waals surface area contributed by atoms with Crippen molar-refractivity contribution < 1.29 is 4.74 Å². The van der Waals surface area contributed by atoms with E-state index in [-0.39, 0.29) is 17.6 Å². The van der Waals surface area contributed by atoms with Gasteiger partial charge in [0.1, 0.15) is 0 Å². The van der Waals surface area contributed by atoms with Gasteiger partial charge in [-0.1, -0.05) is 81.4 Å². The van der Waals surface area contributed by atoms with Crippen LogP contribution in [-0.2, 0) is 11.3 Å². The highest BCUT2D eigenvalue weighted by Gasteiger charge is 2.33. The molecule has 0 bridgehead atoms. The SMILES string of the molecule is C=CC1CN(Cc2ccc(-c3ccccc3)cc2)CC(C(C)(C)C)O1. The highest BCUT2D eigenvalue weighted by atomic mass is 16.5. The number of nitrogens with zero attached hydrogens (tertiary/aromatic N) is 1. The summed E-state index contributed by atoms with van der Waals surface area (Å²) >= 11 is 0. The highest BCUT2D eigenvalue weighted by molar-refractivity contribution is 5.63. The Kier molecular flexibility index (Phi) is 5.41. The van der Waals surface area contributed by atoms with Crippen LogP contribution in [0.3, 0.4) is 0 Å². The average molecular weight is 335 g/mol. The van der Waals surface area contributed by atoms with Crippen molar-refractivity contribution in [1.82, 2.24) is 4.90 Å². The van der Waals surface area contributed by atoms with Crippen molar-refractivity contribution in [3.05, 3.63) is 72.8 Å². The van der Waals surface area contributed by atoms with E-state index < -0.39 is 0 Å². The van der Waals surface area contributed by atoms with Crippen molar-refractivity contribution >= 4 is 0 Å². The van der Waals surface area contributed by atoms with Crippen LogP contribution in [0.2, 0.25) is 0 Å². The first kappa shape index (κ1) is 17.9. The number of morpholine rings is 1. The Morgan fingerprint density at radius 1 is 1.00 bits per heavy atom. The fraction of sp³-hybridized carbons (Fsp3) is 0.391. The summed E-state index contributed by atoms with van der Waals surface area (Å²) in [6, 6.07) is 19.4. The maximum absolute atomic E-state index is 6.19. The lowest BCUT2D eigenvalue weighted by atomic mass is 9.87. The van der Waals surface area contributed by atoms with E-state index in [0.29, 0.717) is 0 Å². The first-order valence-electron chi connectivity index (χ1n) is 9.10. The van der Waals surface area contributed by atoms with Gasteiger partial charge in [-0.2, -0.15) is 0 Å². The summed E-state index contributed by atoms with van der Waals surface area (Å²) in [6.45, 7) is 13.5. The largest absolute Gasteiger partial charge is 0.368 e. The molecule has 1 saturated heterocycles. The second-order valence-electron chi connectivity index (χ2n) is 8.02. The molecule has 2 heteroatoms. The van der Waals surface area contributed by atoms with Crippen LogP contribution in [0.4, 0.5) is 0 Å². The van der Waals surface area contributed by atoms with E-state index in [4.69, 9.17) is 4.74 Å². The van der Waals surface area contributed by atoms with E-state index >= 15 is 0 Å². The van der Waals surface area contributed by atoms with E-state index in [0.717, 1.165) is 19.6 Å². The molecular weight excluding hydrogens is 306 g/mol. The Labute approximate surface area is 152 Å². The lowest BCUT2D eigenvalue weighted by Gasteiger charge is -2.42. The van der Waals surface area contributed by atoms with Crippen LogP contribution >= 0.6 is 0 Å². The van der Waals surface area contributed by atoms with E-state index in [1.807, 2.05) is 6.08 Å². The van der Waals surface area contributed by atoms with Crippen molar-refractivity contribution in [2.24, 2.45) is 5.41 Å². The van der Waals surface area contributed by atoms with Crippen LogP contribution in [-0.4, -0.2) is 30.2 Å². The van der Waals surface area contributed by atoms with Crippen molar-refractivity contribution in [1.29, 1.82) is 0 Å². The van der Waals surface area contributed by atoms with Crippen LogP contribution < -0.4 is 0 Å². The summed E-state index contributed by atoms with van der Waals surface area (Å²) < 4.78 is 6.19. The molecule has 0 aromatic heterocycles. The summed E-state index contributed by atoms with van der Waals surface area (Å²) in [5.74, 6) is 0. The predicted molar refractivity (Wildman–Crippen MR) is 105 cm³/mol. The minimum atomic E-state index is 0.113. The molecule has 0 radical (unpaired) electrons. The summed E-state index contributed by atoms with van der Waals surface area (Å²) in [6.07, 6.45) is 2.28. The molecule has 3 rings (SSSR count). The number of hydrogen-bond acceptors (Lipinski definition) is 2. The monoisotopic (exact) mass is 335 g/mol. The number of rotatable bonds is 4. The van der Waals surface area contributed by atoms with Gasteiger partial charge in [-0.25, -0.2) is 0 Å². The molecule has 2 unspecified atom stereocenters. The van der Waals surface area contributed by atoms with E-state index in [1.54, 1.807) is 0 Å². The van der Waals surface area contributed by atoms with Crippen LogP contribution in [0.15, 0.2) is 67.3 Å². The second-order valence-corrected chi connectivity index (χ2v) is 8.02. The van der Waals surface area contributed by atoms with Crippen LogP contribution in [0.25, 0.3) is 11.1 Å². The first-order valence-corrected chi connectivity index (χ1v) is 9.10. The van der Waals surface area contributed by atoms with Gasteiger partial charge >= 0.3 is 0 Å². The molecule has 2 aromatic carbocycles. The van der Waals surface area contributed by atoms with E-state index in [2.05, 4.69) is 86.8 Å². The third-order valence-electron chi connectivity index (χ3n) is 4.90. The Balaban J connectivity index is 1.69. The molecule has 25 heavy (non-hydrogen) atoms. The summed E-state index contributed by atoms with van der Waals surface area (Å²) in [5, 5.41) is 0. The molecule has 132 valence electrons. The molecule has 1 aliphatic rings. The number of hydrogen-bond donors (Lipinski definition) is 0. The molecule has 0 saturated carbocycles. The van der Waals surface area contributed by atoms with Gasteiger partial charge in [-0.3, -0.25) is 4.90 Å². The molecule has 2 nitrogen and oxygen atoms in total. The first-order chi connectivity index (χ1) is 12.0. The molecule has 0 amide bonds. The maximum atomic E-state index is 6.19. The fourth-order valence-electron chi connectivity index (χ4n) is 3.29. The average Bonchev–Trinajstić information content (AvgIpc) is 2.62. The second kappa shape index (κ2) is 7.55. The van der Waals surface area contributed by atoms with Crippen molar-refractivity contribution in [2.45, 2.75) is 39.5 Å². The van der Waals surface area contributed by atoms with Gasteiger partial charge < -0.3 is 4.74 Å². The maximum Gasteiger partial charge on any atom is 0.0884 e. The normalized spacial score (nSPS) is 21.9. The van der Waals surface area contributed by atoms with Crippen molar-refractivity contribution in [2.75, 3.05) is 13.1 Å². The quantitative estimate of drug-likeness (QED) is 0.716. The van der Waals surface area contributed by atoms with Gasteiger partial charge in [0.25, 0.3) is 0 Å². The lowest BCUT2D eigenvalue weighted by Crippen LogP contribution is -2.51. The minimum Gasteiger partial charge on any atom is -0.368 e. The molecule has 0 aliphatic carbocycles. The van der Waals surface area contributed by atoms with Crippen molar-refractivity contribution in [3.63, 3.8) is 0 Å². The molecule has 2 atom stereocenters. The molecular formula is C23H29NO. The van der Waals surface area contributed by atoms with Gasteiger partial charge in [0.15, 0.2) is 0 Å². The molecule has 1 heterocycles. The number of ether oxygens (including phenoxy) is 1. The topological polar surface area (TPSA) is 12.5 Å². The molecule has 2 aromatic rings. The van der Waals surface area contributed by atoms with Gasteiger partial charge in [0, 0.05) is 19.6 Å². The third kappa shape index (κ3) is 4.59. The van der Waals surface area contributed by atoms with Gasteiger partial charge in [0.2, 0.25) is 0 Å². The molecule has 1 fully saturated rings. The Morgan fingerprint density at radius 2 is 1.64 bits per heavy atom. The summed E-state index contributed by atoms with van der Waals surface area (Å²) in [5.41, 5.74) is 4.01. The molecule has 1 aliphatic heterocycles. The van der Waals surface area contributed by atoms with Crippen LogP contribution in [0.5, 0.6) is 0 Å². The smallest absolute Gasteiger partial charge is 0.0884 e. The van der Waals surface area contributed by atoms with Crippen LogP contribution in [0.1, 0.15) is 26.3 Å². The van der Waals surface area contributed by atoms with E-state index in [9.17, 15) is 0 Å². The Morgan fingerprint density at radius 3 is 2.24 bits per heavy atom. The minimum absolute atomic E-state index is 0.113. The number of benzene rings is 2. The van der Waals surface area contributed by atoms with Crippen molar-refractivity contribution in [3.8, 4) is 11.1 Å². The Bertz CT molecular complexity index is 684. The molecule has 0 spiro atoms. The third-order valence-corrected chi connectivity index (χ3v) is 4.90. The summed E-state index contributed by atoms with van der Waals surface area (Å²) in [4.78, 5) is 2.49.